The van der Waals surface area contributed by atoms with Gasteiger partial charge in [-0.05, 0) is 45.4 Å². The number of benzene rings is 1. The fourth-order valence-corrected chi connectivity index (χ4v) is 4.78. The summed E-state index contributed by atoms with van der Waals surface area (Å²) in [5.74, 6) is 0.425. The summed E-state index contributed by atoms with van der Waals surface area (Å²) in [5, 5.41) is 4.26. The number of sulfone groups is 1. The standard InChI is InChI=1S/C18H23N3O2S/c1-13-4-6-18(7-5-13)21-14(2)10-16(15(21)3)11-19-20-17-8-9-24(22,23)12-17/h4-7,10-11,17,20H,8-9,12H2,1-3H3/b19-11-/t17-/m0/s1. The van der Waals surface area contributed by atoms with Crippen molar-refractivity contribution in [2.45, 2.75) is 33.2 Å². The zero-order valence-corrected chi connectivity index (χ0v) is 15.1. The Hall–Kier alpha value is -2.08. The van der Waals surface area contributed by atoms with Gasteiger partial charge in [-0.3, -0.25) is 0 Å². The molecular weight excluding hydrogens is 322 g/mol. The van der Waals surface area contributed by atoms with E-state index in [1.807, 2.05) is 0 Å². The Morgan fingerprint density at radius 2 is 1.92 bits per heavy atom. The lowest BCUT2D eigenvalue weighted by Gasteiger charge is -2.10. The van der Waals surface area contributed by atoms with E-state index < -0.39 is 9.84 Å². The van der Waals surface area contributed by atoms with Gasteiger partial charge in [-0.1, -0.05) is 17.7 Å². The second-order valence-electron chi connectivity index (χ2n) is 6.48. The summed E-state index contributed by atoms with van der Waals surface area (Å²) < 4.78 is 25.1. The highest BCUT2D eigenvalue weighted by Crippen LogP contribution is 2.20. The normalized spacial score (nSPS) is 19.9. The molecular formula is C18H23N3O2S. The smallest absolute Gasteiger partial charge is 0.152 e. The Kier molecular flexibility index (Phi) is 4.49. The first-order valence-electron chi connectivity index (χ1n) is 8.11. The molecule has 128 valence electrons. The molecule has 1 aliphatic heterocycles. The molecule has 6 heteroatoms. The molecule has 0 bridgehead atoms. The van der Waals surface area contributed by atoms with Crippen LogP contribution in [-0.4, -0.2) is 36.7 Å². The first kappa shape index (κ1) is 16.8. The van der Waals surface area contributed by atoms with Crippen LogP contribution in [0, 0.1) is 20.8 Å². The van der Waals surface area contributed by atoms with E-state index >= 15 is 0 Å². The van der Waals surface area contributed by atoms with Crippen molar-refractivity contribution in [2.24, 2.45) is 5.10 Å². The van der Waals surface area contributed by atoms with Crippen LogP contribution >= 0.6 is 0 Å². The molecule has 1 aromatic heterocycles. The largest absolute Gasteiger partial charge is 0.318 e. The van der Waals surface area contributed by atoms with Crippen LogP contribution in [0.15, 0.2) is 35.4 Å². The third-order valence-corrected chi connectivity index (χ3v) is 6.22. The zero-order valence-electron chi connectivity index (χ0n) is 14.3. The van der Waals surface area contributed by atoms with Crippen LogP contribution in [0.1, 0.15) is 28.9 Å². The summed E-state index contributed by atoms with van der Waals surface area (Å²) in [6.07, 6.45) is 2.40. The van der Waals surface area contributed by atoms with Crippen LogP contribution in [0.5, 0.6) is 0 Å². The minimum absolute atomic E-state index is 0.0770. The van der Waals surface area contributed by atoms with Gasteiger partial charge in [-0.15, -0.1) is 0 Å². The van der Waals surface area contributed by atoms with Gasteiger partial charge in [0, 0.05) is 22.6 Å². The Morgan fingerprint density at radius 3 is 2.54 bits per heavy atom. The number of nitrogens with one attached hydrogen (secondary N) is 1. The van der Waals surface area contributed by atoms with Crippen molar-refractivity contribution in [3.8, 4) is 5.69 Å². The summed E-state index contributed by atoms with van der Waals surface area (Å²) in [5.41, 5.74) is 8.62. The summed E-state index contributed by atoms with van der Waals surface area (Å²) in [6, 6.07) is 10.4. The minimum Gasteiger partial charge on any atom is -0.318 e. The molecule has 0 spiro atoms. The van der Waals surface area contributed by atoms with E-state index in [0.29, 0.717) is 6.42 Å². The maximum Gasteiger partial charge on any atom is 0.152 e. The van der Waals surface area contributed by atoms with Crippen LogP contribution < -0.4 is 5.43 Å². The van der Waals surface area contributed by atoms with Gasteiger partial charge in [0.05, 0.1) is 23.8 Å². The van der Waals surface area contributed by atoms with E-state index in [-0.39, 0.29) is 17.5 Å². The second kappa shape index (κ2) is 6.43. The third-order valence-electron chi connectivity index (χ3n) is 4.46. The second-order valence-corrected chi connectivity index (χ2v) is 8.71. The molecule has 1 saturated heterocycles. The molecule has 2 heterocycles. The van der Waals surface area contributed by atoms with Crippen LogP contribution in [-0.2, 0) is 9.84 Å². The van der Waals surface area contributed by atoms with E-state index in [4.69, 9.17) is 0 Å². The lowest BCUT2D eigenvalue weighted by Crippen LogP contribution is -2.25. The van der Waals surface area contributed by atoms with Gasteiger partial charge in [0.1, 0.15) is 0 Å². The summed E-state index contributed by atoms with van der Waals surface area (Å²) in [6.45, 7) is 6.21. The van der Waals surface area contributed by atoms with E-state index in [0.717, 1.165) is 22.6 Å². The highest BCUT2D eigenvalue weighted by molar-refractivity contribution is 7.91. The third kappa shape index (κ3) is 3.53. The van der Waals surface area contributed by atoms with E-state index in [2.05, 4.69) is 66.2 Å². The van der Waals surface area contributed by atoms with Crippen molar-refractivity contribution < 1.29 is 8.42 Å². The zero-order chi connectivity index (χ0) is 17.3. The Morgan fingerprint density at radius 1 is 1.21 bits per heavy atom. The van der Waals surface area contributed by atoms with Gasteiger partial charge < -0.3 is 9.99 Å². The van der Waals surface area contributed by atoms with E-state index in [1.165, 1.54) is 5.56 Å². The lowest BCUT2D eigenvalue weighted by molar-refractivity contribution is 0.578. The Labute approximate surface area is 143 Å². The van der Waals surface area contributed by atoms with Gasteiger partial charge in [0.15, 0.2) is 9.84 Å². The number of hydrogen-bond acceptors (Lipinski definition) is 4. The van der Waals surface area contributed by atoms with Gasteiger partial charge in [-0.2, -0.15) is 5.10 Å². The van der Waals surface area contributed by atoms with Crippen molar-refractivity contribution >= 4 is 16.1 Å². The topological polar surface area (TPSA) is 63.5 Å². The predicted octanol–water partition coefficient (Wildman–Crippen LogP) is 2.51. The highest BCUT2D eigenvalue weighted by atomic mass is 32.2. The predicted molar refractivity (Wildman–Crippen MR) is 97.8 cm³/mol. The Bertz CT molecular complexity index is 864. The Balaban J connectivity index is 1.77. The molecule has 0 radical (unpaired) electrons. The molecule has 0 amide bonds. The quantitative estimate of drug-likeness (QED) is 0.684. The number of nitrogens with zero attached hydrogens (tertiary/aromatic N) is 2. The highest BCUT2D eigenvalue weighted by Gasteiger charge is 2.27. The molecule has 5 nitrogen and oxygen atoms in total. The average molecular weight is 345 g/mol. The molecule has 1 atom stereocenters. The first-order chi connectivity index (χ1) is 11.4. The number of aromatic nitrogens is 1. The fourth-order valence-electron chi connectivity index (χ4n) is 3.12. The monoisotopic (exact) mass is 345 g/mol. The summed E-state index contributed by atoms with van der Waals surface area (Å²) in [7, 11) is -2.88. The summed E-state index contributed by atoms with van der Waals surface area (Å²) in [4.78, 5) is 0. The van der Waals surface area contributed by atoms with Gasteiger partial charge >= 0.3 is 0 Å². The molecule has 1 fully saturated rings. The number of aryl methyl sites for hydroxylation is 2. The number of hydrogen-bond donors (Lipinski definition) is 1. The molecule has 2 aromatic rings. The SMILES string of the molecule is Cc1ccc(-n2c(C)cc(/C=N\N[C@H]3CCS(=O)(=O)C3)c2C)cc1. The van der Waals surface area contributed by atoms with Crippen molar-refractivity contribution in [1.29, 1.82) is 0 Å². The van der Waals surface area contributed by atoms with Gasteiger partial charge in [0.2, 0.25) is 0 Å². The fraction of sp³-hybridized carbons (Fsp3) is 0.389. The maximum atomic E-state index is 11.5. The molecule has 3 rings (SSSR count). The molecule has 0 saturated carbocycles. The lowest BCUT2D eigenvalue weighted by atomic mass is 10.2. The average Bonchev–Trinajstić information content (AvgIpc) is 3.00. The summed E-state index contributed by atoms with van der Waals surface area (Å²) >= 11 is 0. The molecule has 24 heavy (non-hydrogen) atoms. The van der Waals surface area contributed by atoms with E-state index in [1.54, 1.807) is 6.21 Å². The van der Waals surface area contributed by atoms with Crippen LogP contribution in [0.25, 0.3) is 5.69 Å². The van der Waals surface area contributed by atoms with Crippen molar-refractivity contribution in [3.05, 3.63) is 52.8 Å². The molecule has 1 aromatic carbocycles. The minimum atomic E-state index is -2.88. The molecule has 1 aliphatic rings. The number of hydrazone groups is 1. The van der Waals surface area contributed by atoms with E-state index in [9.17, 15) is 8.42 Å². The van der Waals surface area contributed by atoms with Crippen LogP contribution in [0.3, 0.4) is 0 Å². The van der Waals surface area contributed by atoms with Crippen molar-refractivity contribution in [2.75, 3.05) is 11.5 Å². The van der Waals surface area contributed by atoms with Crippen LogP contribution in [0.4, 0.5) is 0 Å². The molecule has 0 unspecified atom stereocenters. The van der Waals surface area contributed by atoms with Crippen molar-refractivity contribution in [1.82, 2.24) is 9.99 Å². The maximum absolute atomic E-state index is 11.5. The van der Waals surface area contributed by atoms with Crippen LogP contribution in [0.2, 0.25) is 0 Å². The van der Waals surface area contributed by atoms with Crippen molar-refractivity contribution in [3.63, 3.8) is 0 Å². The molecule has 0 aliphatic carbocycles. The van der Waals surface area contributed by atoms with Gasteiger partial charge in [-0.25, -0.2) is 8.42 Å². The number of rotatable bonds is 4. The molecule has 1 N–H and O–H groups in total. The first-order valence-corrected chi connectivity index (χ1v) is 9.93. The van der Waals surface area contributed by atoms with Gasteiger partial charge in [0.25, 0.3) is 0 Å².